The van der Waals surface area contributed by atoms with Gasteiger partial charge >= 0.3 is 5.97 Å². The normalized spacial score (nSPS) is 11.7. The molecule has 6 nitrogen and oxygen atoms in total. The van der Waals surface area contributed by atoms with Crippen LogP contribution in [0.1, 0.15) is 33.6 Å². The summed E-state index contributed by atoms with van der Waals surface area (Å²) in [6.07, 6.45) is 0.821. The second kappa shape index (κ2) is 6.51. The smallest absolute Gasteiger partial charge is 0.311 e. The molecule has 0 heterocycles. The van der Waals surface area contributed by atoms with E-state index in [-0.39, 0.29) is 24.7 Å². The van der Waals surface area contributed by atoms with Gasteiger partial charge in [-0.25, -0.2) is 13.8 Å². The van der Waals surface area contributed by atoms with Gasteiger partial charge in [-0.05, 0) is 26.7 Å². The van der Waals surface area contributed by atoms with Gasteiger partial charge in [-0.3, -0.25) is 4.79 Å². The lowest BCUT2D eigenvalue weighted by Gasteiger charge is -2.20. The van der Waals surface area contributed by atoms with E-state index in [2.05, 4.69) is 4.40 Å². The fourth-order valence-electron chi connectivity index (χ4n) is 0.861. The second-order valence-electron chi connectivity index (χ2n) is 4.22. The highest BCUT2D eigenvalue weighted by Crippen LogP contribution is 2.21. The van der Waals surface area contributed by atoms with Crippen molar-refractivity contribution in [1.29, 1.82) is 5.41 Å². The van der Waals surface area contributed by atoms with Gasteiger partial charge in [0.05, 0.1) is 17.8 Å². The summed E-state index contributed by atoms with van der Waals surface area (Å²) in [7, 11) is -3.64. The molecule has 0 aliphatic rings. The summed E-state index contributed by atoms with van der Waals surface area (Å²) in [5.74, 6) is -0.591. The fraction of sp³-hybridized carbons (Fsp3) is 0.800. The molecule has 0 fully saturated rings. The molecular formula is C10H18N2O4S. The van der Waals surface area contributed by atoms with Crippen LogP contribution in [0.5, 0.6) is 0 Å². The number of carbonyl (C=O) groups excluding carboxylic acids is 1. The van der Waals surface area contributed by atoms with E-state index in [0.717, 1.165) is 0 Å². The lowest BCUT2D eigenvalue weighted by Crippen LogP contribution is -2.26. The molecule has 0 rings (SSSR count). The predicted octanol–water partition coefficient (Wildman–Crippen LogP) is 1.44. The van der Waals surface area contributed by atoms with E-state index < -0.39 is 15.4 Å². The summed E-state index contributed by atoms with van der Waals surface area (Å²) in [5, 5.41) is 6.43. The third kappa shape index (κ3) is 6.19. The number of carbonyl (C=O) groups is 1. The highest BCUT2D eigenvalue weighted by atomic mass is 32.2. The molecule has 0 aliphatic heterocycles. The number of sulfonamides is 1. The Labute approximate surface area is 102 Å². The van der Waals surface area contributed by atoms with E-state index in [4.69, 9.17) is 10.1 Å². The van der Waals surface area contributed by atoms with Crippen LogP contribution in [-0.4, -0.2) is 32.8 Å². The lowest BCUT2D eigenvalue weighted by atomic mass is 9.91. The van der Waals surface area contributed by atoms with E-state index in [9.17, 15) is 13.2 Å². The molecule has 0 saturated carbocycles. The third-order valence-corrected chi connectivity index (χ3v) is 3.58. The summed E-state index contributed by atoms with van der Waals surface area (Å²) >= 11 is 0. The zero-order valence-electron chi connectivity index (χ0n) is 10.3. The van der Waals surface area contributed by atoms with Gasteiger partial charge in [-0.1, -0.05) is 11.3 Å². The first-order valence-corrected chi connectivity index (χ1v) is 6.89. The van der Waals surface area contributed by atoms with Crippen LogP contribution in [0.15, 0.2) is 4.40 Å². The summed E-state index contributed by atoms with van der Waals surface area (Å²) in [6.45, 7) is 5.45. The van der Waals surface area contributed by atoms with Gasteiger partial charge in [0.1, 0.15) is 6.01 Å². The van der Waals surface area contributed by atoms with Gasteiger partial charge < -0.3 is 4.74 Å². The number of ether oxygens (including phenoxy) is 1. The molecule has 0 bridgehead atoms. The minimum absolute atomic E-state index is 0.0367. The maximum Gasteiger partial charge on any atom is 0.311 e. The fourth-order valence-corrected chi connectivity index (χ4v) is 1.57. The third-order valence-electron chi connectivity index (χ3n) is 2.40. The number of esters is 1. The summed E-state index contributed by atoms with van der Waals surface area (Å²) in [4.78, 5) is 11.5. The van der Waals surface area contributed by atoms with Gasteiger partial charge in [0.15, 0.2) is 0 Å². The molecule has 0 atom stereocenters. The van der Waals surface area contributed by atoms with Crippen molar-refractivity contribution in [3.05, 3.63) is 0 Å². The molecule has 0 aromatic rings. The first-order chi connectivity index (χ1) is 7.75. The molecular weight excluding hydrogens is 244 g/mol. The Morgan fingerprint density at radius 3 is 2.53 bits per heavy atom. The number of hydrogen-bond acceptors (Lipinski definition) is 5. The summed E-state index contributed by atoms with van der Waals surface area (Å²) in [6, 6.07) is 1.47. The second-order valence-corrected chi connectivity index (χ2v) is 5.97. The van der Waals surface area contributed by atoms with Crippen LogP contribution in [0.3, 0.4) is 0 Å². The zero-order valence-corrected chi connectivity index (χ0v) is 11.1. The molecule has 0 aromatic heterocycles. The van der Waals surface area contributed by atoms with Gasteiger partial charge in [0.25, 0.3) is 10.0 Å². The SMILES string of the molecule is CCC(C)(C)C(=O)OCCCS(=O)(=O)N=C=N. The monoisotopic (exact) mass is 262 g/mol. The van der Waals surface area contributed by atoms with Crippen LogP contribution >= 0.6 is 0 Å². The number of nitrogens with one attached hydrogen (secondary N) is 1. The minimum atomic E-state index is -3.64. The van der Waals surface area contributed by atoms with Crippen molar-refractivity contribution < 1.29 is 17.9 Å². The quantitative estimate of drug-likeness (QED) is 0.426. The van der Waals surface area contributed by atoms with E-state index in [1.807, 2.05) is 6.92 Å². The van der Waals surface area contributed by atoms with Crippen LogP contribution in [-0.2, 0) is 19.6 Å². The Morgan fingerprint density at radius 1 is 1.47 bits per heavy atom. The molecule has 0 radical (unpaired) electrons. The first kappa shape index (κ1) is 15.8. The van der Waals surface area contributed by atoms with Crippen molar-refractivity contribution in [3.63, 3.8) is 0 Å². The van der Waals surface area contributed by atoms with Crippen LogP contribution in [0.2, 0.25) is 0 Å². The molecule has 0 saturated heterocycles. The van der Waals surface area contributed by atoms with E-state index >= 15 is 0 Å². The van der Waals surface area contributed by atoms with Crippen molar-refractivity contribution in [1.82, 2.24) is 0 Å². The maximum absolute atomic E-state index is 11.5. The molecule has 0 aromatic carbocycles. The topological polar surface area (TPSA) is 96.7 Å². The van der Waals surface area contributed by atoms with Gasteiger partial charge in [0.2, 0.25) is 0 Å². The Kier molecular flexibility index (Phi) is 6.05. The molecule has 17 heavy (non-hydrogen) atoms. The standard InChI is InChI=1S/C10H18N2O4S/c1-4-10(2,3)9(13)16-6-5-7-17(14,15)12-8-11/h11H,4-7H2,1-3H3. The van der Waals surface area contributed by atoms with Crippen molar-refractivity contribution >= 4 is 22.0 Å². The van der Waals surface area contributed by atoms with Gasteiger partial charge in [0, 0.05) is 0 Å². The average Bonchev–Trinajstić information content (AvgIpc) is 2.24. The van der Waals surface area contributed by atoms with Crippen LogP contribution < -0.4 is 0 Å². The summed E-state index contributed by atoms with van der Waals surface area (Å²) in [5.41, 5.74) is -0.550. The van der Waals surface area contributed by atoms with E-state index in [1.165, 1.54) is 6.01 Å². The largest absolute Gasteiger partial charge is 0.465 e. The Balaban J connectivity index is 4.03. The average molecular weight is 262 g/mol. The molecule has 0 amide bonds. The van der Waals surface area contributed by atoms with Crippen molar-refractivity contribution in [2.75, 3.05) is 12.4 Å². The molecule has 0 spiro atoms. The van der Waals surface area contributed by atoms with Crippen molar-refractivity contribution in [3.8, 4) is 0 Å². The lowest BCUT2D eigenvalue weighted by molar-refractivity contribution is -0.154. The van der Waals surface area contributed by atoms with E-state index in [0.29, 0.717) is 6.42 Å². The number of rotatable bonds is 7. The maximum atomic E-state index is 11.5. The van der Waals surface area contributed by atoms with Gasteiger partial charge in [-0.15, -0.1) is 0 Å². The molecule has 1 N–H and O–H groups in total. The molecule has 98 valence electrons. The number of hydrogen-bond donors (Lipinski definition) is 1. The highest BCUT2D eigenvalue weighted by Gasteiger charge is 2.26. The predicted molar refractivity (Wildman–Crippen MR) is 63.6 cm³/mol. The van der Waals surface area contributed by atoms with Crippen LogP contribution in [0, 0.1) is 10.8 Å². The Bertz CT molecular complexity index is 408. The van der Waals surface area contributed by atoms with Gasteiger partial charge in [-0.2, -0.15) is 0 Å². The Hall–Kier alpha value is -1.20. The molecule has 7 heteroatoms. The van der Waals surface area contributed by atoms with E-state index in [1.54, 1.807) is 13.8 Å². The number of nitrogens with zero attached hydrogens (tertiary/aromatic N) is 1. The minimum Gasteiger partial charge on any atom is -0.465 e. The highest BCUT2D eigenvalue weighted by molar-refractivity contribution is 7.90. The van der Waals surface area contributed by atoms with Crippen molar-refractivity contribution in [2.45, 2.75) is 33.6 Å². The first-order valence-electron chi connectivity index (χ1n) is 5.29. The van der Waals surface area contributed by atoms with Crippen LogP contribution in [0.4, 0.5) is 0 Å². The summed E-state index contributed by atoms with van der Waals surface area (Å²) < 4.78 is 29.9. The molecule has 0 unspecified atom stereocenters. The Morgan fingerprint density at radius 2 is 2.06 bits per heavy atom. The molecule has 0 aliphatic carbocycles. The van der Waals surface area contributed by atoms with Crippen LogP contribution in [0.25, 0.3) is 0 Å². The zero-order chi connectivity index (χ0) is 13.5. The van der Waals surface area contributed by atoms with Crippen molar-refractivity contribution in [2.24, 2.45) is 9.81 Å².